The first-order chi connectivity index (χ1) is 23.7. The van der Waals surface area contributed by atoms with E-state index in [2.05, 4.69) is 18.7 Å². The second-order valence-corrected chi connectivity index (χ2v) is 13.2. The average Bonchev–Trinajstić information content (AvgIpc) is 3.09. The van der Waals surface area contributed by atoms with Gasteiger partial charge in [0.1, 0.15) is 0 Å². The summed E-state index contributed by atoms with van der Waals surface area (Å²) in [6, 6.07) is 0. The molecule has 0 heterocycles. The summed E-state index contributed by atoms with van der Waals surface area (Å²) < 4.78 is 33.2. The van der Waals surface area contributed by atoms with E-state index in [9.17, 15) is 4.79 Å². The molecule has 0 fully saturated rings. The van der Waals surface area contributed by atoms with Crippen LogP contribution in [-0.2, 0) is 33.2 Å². The Morgan fingerprint density at radius 3 is 1.48 bits per heavy atom. The van der Waals surface area contributed by atoms with Crippen LogP contribution in [0.25, 0.3) is 0 Å². The van der Waals surface area contributed by atoms with Gasteiger partial charge in [-0.1, -0.05) is 104 Å². The number of carbonyl (C=O) groups excluding carboxylic acids is 1. The van der Waals surface area contributed by atoms with Crippen molar-refractivity contribution in [3.63, 3.8) is 0 Å². The van der Waals surface area contributed by atoms with Crippen LogP contribution in [0, 0.1) is 5.92 Å². The Kier molecular flexibility index (Phi) is 39.9. The first-order valence-electron chi connectivity index (χ1n) is 20.1. The molecule has 0 radical (unpaired) electrons. The number of hydrogen-bond acceptors (Lipinski definition) is 9. The molecule has 0 aromatic rings. The molecular formula is C39H80N2O7. The molecule has 0 bridgehead atoms. The molecule has 0 saturated carbocycles. The second-order valence-electron chi connectivity index (χ2n) is 13.2. The van der Waals surface area contributed by atoms with Crippen molar-refractivity contribution in [2.75, 3.05) is 99.4 Å². The number of rotatable bonds is 41. The number of ether oxygens (including phenoxy) is 6. The number of methoxy groups -OCH3 is 1. The number of unbranched alkanes of at least 4 members (excludes halogenated alkanes) is 14. The molecule has 48 heavy (non-hydrogen) atoms. The van der Waals surface area contributed by atoms with Crippen molar-refractivity contribution in [2.24, 2.45) is 11.7 Å². The predicted molar refractivity (Wildman–Crippen MR) is 199 cm³/mol. The second kappa shape index (κ2) is 40.6. The fourth-order valence-electron chi connectivity index (χ4n) is 5.76. The van der Waals surface area contributed by atoms with Gasteiger partial charge < -0.3 is 39.1 Å². The zero-order chi connectivity index (χ0) is 35.0. The Morgan fingerprint density at radius 2 is 0.938 bits per heavy atom. The molecule has 2 N–H and O–H groups in total. The van der Waals surface area contributed by atoms with Crippen molar-refractivity contribution in [3.05, 3.63) is 0 Å². The first kappa shape index (κ1) is 47.2. The molecule has 0 aliphatic carbocycles. The summed E-state index contributed by atoms with van der Waals surface area (Å²) in [6.45, 7) is 14.3. The van der Waals surface area contributed by atoms with Crippen LogP contribution in [-0.4, -0.2) is 110 Å². The molecule has 0 spiro atoms. The molecule has 0 rings (SSSR count). The van der Waals surface area contributed by atoms with Gasteiger partial charge in [0, 0.05) is 26.8 Å². The Balaban J connectivity index is 4.21. The number of nitrogens with zero attached hydrogens (tertiary/aromatic N) is 1. The normalized spacial score (nSPS) is 12.3. The van der Waals surface area contributed by atoms with Crippen molar-refractivity contribution >= 4 is 5.97 Å². The van der Waals surface area contributed by atoms with Gasteiger partial charge >= 0.3 is 5.97 Å². The highest BCUT2D eigenvalue weighted by Gasteiger charge is 2.19. The molecule has 288 valence electrons. The van der Waals surface area contributed by atoms with Gasteiger partial charge in [-0.25, -0.2) is 0 Å². The zero-order valence-electron chi connectivity index (χ0n) is 32.0. The van der Waals surface area contributed by atoms with Crippen molar-refractivity contribution in [1.29, 1.82) is 0 Å². The number of nitrogens with two attached hydrogens (primary N) is 1. The van der Waals surface area contributed by atoms with Crippen molar-refractivity contribution in [3.8, 4) is 0 Å². The van der Waals surface area contributed by atoms with Crippen molar-refractivity contribution in [1.82, 2.24) is 4.90 Å². The van der Waals surface area contributed by atoms with E-state index < -0.39 is 0 Å². The van der Waals surface area contributed by atoms with Crippen LogP contribution in [0.15, 0.2) is 0 Å². The van der Waals surface area contributed by atoms with Gasteiger partial charge in [0.25, 0.3) is 0 Å². The van der Waals surface area contributed by atoms with E-state index in [0.717, 1.165) is 90.6 Å². The average molecular weight is 689 g/mol. The summed E-state index contributed by atoms with van der Waals surface area (Å²) in [7, 11) is 1.77. The standard InChI is InChI=1S/C39H80N2O7/c1-4-6-8-10-11-17-23-38(22-16-9-7-5-2)39(42)48-29-21-15-13-19-26-41(25-18-12-14-20-28-43-3)27-31-45-33-35-47-37-36-46-34-32-44-30-24-40/h38H,4-37,40H2,1-3H3. The quantitative estimate of drug-likeness (QED) is 0.0506. The van der Waals surface area contributed by atoms with Crippen molar-refractivity contribution in [2.45, 2.75) is 142 Å². The Labute approximate surface area is 297 Å². The van der Waals surface area contributed by atoms with Crippen LogP contribution < -0.4 is 5.73 Å². The van der Waals surface area contributed by atoms with Crippen LogP contribution in [0.3, 0.4) is 0 Å². The fourth-order valence-corrected chi connectivity index (χ4v) is 5.76. The fraction of sp³-hybridized carbons (Fsp3) is 0.974. The molecular weight excluding hydrogens is 608 g/mol. The van der Waals surface area contributed by atoms with Gasteiger partial charge in [-0.05, 0) is 51.6 Å². The maximum atomic E-state index is 12.9. The third-order valence-corrected chi connectivity index (χ3v) is 8.76. The first-order valence-corrected chi connectivity index (χ1v) is 20.1. The number of carbonyl (C=O) groups is 1. The number of hydrogen-bond donors (Lipinski definition) is 1. The Bertz CT molecular complexity index is 629. The van der Waals surface area contributed by atoms with Crippen LogP contribution in [0.2, 0.25) is 0 Å². The molecule has 9 nitrogen and oxygen atoms in total. The van der Waals surface area contributed by atoms with E-state index in [-0.39, 0.29) is 11.9 Å². The van der Waals surface area contributed by atoms with E-state index >= 15 is 0 Å². The monoisotopic (exact) mass is 689 g/mol. The molecule has 1 unspecified atom stereocenters. The maximum absolute atomic E-state index is 12.9. The van der Waals surface area contributed by atoms with E-state index in [0.29, 0.717) is 59.4 Å². The van der Waals surface area contributed by atoms with Crippen LogP contribution in [0.4, 0.5) is 0 Å². The van der Waals surface area contributed by atoms with Gasteiger partial charge in [0.05, 0.1) is 65.4 Å². The summed E-state index contributed by atoms with van der Waals surface area (Å²) in [4.78, 5) is 15.5. The minimum absolute atomic E-state index is 0.0552. The zero-order valence-corrected chi connectivity index (χ0v) is 32.0. The van der Waals surface area contributed by atoms with E-state index in [1.54, 1.807) is 7.11 Å². The minimum Gasteiger partial charge on any atom is -0.465 e. The maximum Gasteiger partial charge on any atom is 0.308 e. The molecule has 9 heteroatoms. The Hall–Kier alpha value is -0.810. The summed E-state index contributed by atoms with van der Waals surface area (Å²) in [6.07, 6.45) is 23.7. The SMILES string of the molecule is CCCCCCCCC(CCCCCC)C(=O)OCCCCCCN(CCCCCCOC)CCOCCOCCOCCOCCN. The smallest absolute Gasteiger partial charge is 0.308 e. The molecule has 0 aromatic heterocycles. The van der Waals surface area contributed by atoms with Gasteiger partial charge in [-0.2, -0.15) is 0 Å². The highest BCUT2D eigenvalue weighted by molar-refractivity contribution is 5.72. The van der Waals surface area contributed by atoms with Crippen LogP contribution in [0.5, 0.6) is 0 Å². The third-order valence-electron chi connectivity index (χ3n) is 8.76. The lowest BCUT2D eigenvalue weighted by molar-refractivity contribution is -0.149. The van der Waals surface area contributed by atoms with Crippen LogP contribution >= 0.6 is 0 Å². The minimum atomic E-state index is 0.0552. The van der Waals surface area contributed by atoms with E-state index in [1.807, 2.05) is 0 Å². The number of esters is 1. The molecule has 0 aromatic carbocycles. The summed E-state index contributed by atoms with van der Waals surface area (Å²) in [5.41, 5.74) is 5.39. The summed E-state index contributed by atoms with van der Waals surface area (Å²) in [5.74, 6) is 0.149. The van der Waals surface area contributed by atoms with Crippen LogP contribution in [0.1, 0.15) is 142 Å². The van der Waals surface area contributed by atoms with Gasteiger partial charge in [-0.15, -0.1) is 0 Å². The van der Waals surface area contributed by atoms with Gasteiger partial charge in [0.15, 0.2) is 0 Å². The van der Waals surface area contributed by atoms with E-state index in [4.69, 9.17) is 34.2 Å². The predicted octanol–water partition coefficient (Wildman–Crippen LogP) is 7.96. The third kappa shape index (κ3) is 35.0. The largest absolute Gasteiger partial charge is 0.465 e. The molecule has 0 amide bonds. The topological polar surface area (TPSA) is 102 Å². The molecule has 0 aliphatic heterocycles. The van der Waals surface area contributed by atoms with Gasteiger partial charge in [-0.3, -0.25) is 4.79 Å². The summed E-state index contributed by atoms with van der Waals surface area (Å²) in [5, 5.41) is 0. The van der Waals surface area contributed by atoms with Gasteiger partial charge in [0.2, 0.25) is 0 Å². The van der Waals surface area contributed by atoms with Crippen molar-refractivity contribution < 1.29 is 33.2 Å². The highest BCUT2D eigenvalue weighted by atomic mass is 16.6. The molecule has 0 saturated heterocycles. The molecule has 1 atom stereocenters. The van der Waals surface area contributed by atoms with E-state index in [1.165, 1.54) is 70.6 Å². The lowest BCUT2D eigenvalue weighted by Gasteiger charge is -2.22. The summed E-state index contributed by atoms with van der Waals surface area (Å²) >= 11 is 0. The lowest BCUT2D eigenvalue weighted by Crippen LogP contribution is -2.30. The lowest BCUT2D eigenvalue weighted by atomic mass is 9.94. The molecule has 0 aliphatic rings. The highest BCUT2D eigenvalue weighted by Crippen LogP contribution is 2.21. The Morgan fingerprint density at radius 1 is 0.500 bits per heavy atom.